The van der Waals surface area contributed by atoms with Gasteiger partial charge in [0.05, 0.1) is 25.9 Å². The maximum Gasteiger partial charge on any atom is 0.319 e. The number of benzene rings is 2. The maximum atomic E-state index is 12.1. The molecule has 0 heterocycles. The minimum atomic E-state index is -0.279. The predicted molar refractivity (Wildman–Crippen MR) is 94.3 cm³/mol. The SMILES string of the molecule is COc1ccc([C@H](C)NC(=O)Nc2ccccc2Br)cc1OC. The predicted octanol–water partition coefficient (Wildman–Crippen LogP) is 4.35. The molecule has 2 rings (SSSR count). The molecule has 2 N–H and O–H groups in total. The Morgan fingerprint density at radius 2 is 1.78 bits per heavy atom. The molecule has 6 heteroatoms. The summed E-state index contributed by atoms with van der Waals surface area (Å²) >= 11 is 3.40. The molecule has 0 unspecified atom stereocenters. The first-order valence-corrected chi connectivity index (χ1v) is 7.88. The third-order valence-corrected chi connectivity index (χ3v) is 4.07. The molecule has 0 bridgehead atoms. The monoisotopic (exact) mass is 378 g/mol. The molecular formula is C17H19BrN2O3. The number of anilines is 1. The van der Waals surface area contributed by atoms with Crippen LogP contribution in [0.1, 0.15) is 18.5 Å². The van der Waals surface area contributed by atoms with Crippen molar-refractivity contribution in [2.24, 2.45) is 0 Å². The molecule has 5 nitrogen and oxygen atoms in total. The normalized spacial score (nSPS) is 11.5. The Morgan fingerprint density at radius 1 is 1.09 bits per heavy atom. The van der Waals surface area contributed by atoms with E-state index < -0.39 is 0 Å². The highest BCUT2D eigenvalue weighted by Crippen LogP contribution is 2.30. The van der Waals surface area contributed by atoms with Crippen LogP contribution in [-0.4, -0.2) is 20.3 Å². The van der Waals surface area contributed by atoms with Crippen molar-refractivity contribution in [3.8, 4) is 11.5 Å². The van der Waals surface area contributed by atoms with Gasteiger partial charge >= 0.3 is 6.03 Å². The van der Waals surface area contributed by atoms with E-state index in [1.807, 2.05) is 49.4 Å². The highest BCUT2D eigenvalue weighted by Gasteiger charge is 2.13. The molecule has 0 aromatic heterocycles. The van der Waals surface area contributed by atoms with Gasteiger partial charge in [0.1, 0.15) is 0 Å². The average Bonchev–Trinajstić information content (AvgIpc) is 2.56. The van der Waals surface area contributed by atoms with E-state index in [9.17, 15) is 4.79 Å². The van der Waals surface area contributed by atoms with Crippen LogP contribution < -0.4 is 20.1 Å². The summed E-state index contributed by atoms with van der Waals surface area (Å²) in [6.45, 7) is 1.90. The van der Waals surface area contributed by atoms with E-state index in [-0.39, 0.29) is 12.1 Å². The molecule has 0 spiro atoms. The van der Waals surface area contributed by atoms with Gasteiger partial charge in [-0.1, -0.05) is 18.2 Å². The lowest BCUT2D eigenvalue weighted by Gasteiger charge is -2.17. The summed E-state index contributed by atoms with van der Waals surface area (Å²) in [5, 5.41) is 5.70. The number of halogens is 1. The van der Waals surface area contributed by atoms with Crippen molar-refractivity contribution >= 4 is 27.6 Å². The van der Waals surface area contributed by atoms with E-state index >= 15 is 0 Å². The summed E-state index contributed by atoms with van der Waals surface area (Å²) < 4.78 is 11.3. The van der Waals surface area contributed by atoms with Crippen LogP contribution >= 0.6 is 15.9 Å². The fraction of sp³-hybridized carbons (Fsp3) is 0.235. The number of nitrogens with one attached hydrogen (secondary N) is 2. The lowest BCUT2D eigenvalue weighted by atomic mass is 10.1. The average molecular weight is 379 g/mol. The zero-order valence-corrected chi connectivity index (χ0v) is 14.8. The third-order valence-electron chi connectivity index (χ3n) is 3.38. The van der Waals surface area contributed by atoms with Gasteiger partial charge in [0.2, 0.25) is 0 Å². The van der Waals surface area contributed by atoms with E-state index in [4.69, 9.17) is 9.47 Å². The molecule has 23 heavy (non-hydrogen) atoms. The van der Waals surface area contributed by atoms with Crippen molar-refractivity contribution in [2.75, 3.05) is 19.5 Å². The second-order valence-corrected chi connectivity index (χ2v) is 5.77. The zero-order chi connectivity index (χ0) is 16.8. The van der Waals surface area contributed by atoms with E-state index in [1.54, 1.807) is 14.2 Å². The van der Waals surface area contributed by atoms with Crippen LogP contribution in [0.3, 0.4) is 0 Å². The molecule has 0 saturated heterocycles. The van der Waals surface area contributed by atoms with Gasteiger partial charge in [0.25, 0.3) is 0 Å². The standard InChI is InChI=1S/C17H19BrN2O3/c1-11(12-8-9-15(22-2)16(10-12)23-3)19-17(21)20-14-7-5-4-6-13(14)18/h4-11H,1-3H3,(H2,19,20,21)/t11-/m0/s1. The number of carbonyl (C=O) groups excluding carboxylic acids is 1. The van der Waals surface area contributed by atoms with Crippen LogP contribution in [0.2, 0.25) is 0 Å². The van der Waals surface area contributed by atoms with E-state index in [1.165, 1.54) is 0 Å². The van der Waals surface area contributed by atoms with Crippen molar-refractivity contribution in [3.63, 3.8) is 0 Å². The number of methoxy groups -OCH3 is 2. The Balaban J connectivity index is 2.05. The van der Waals surface area contributed by atoms with Crippen LogP contribution in [0.15, 0.2) is 46.9 Å². The van der Waals surface area contributed by atoms with Gasteiger partial charge in [-0.2, -0.15) is 0 Å². The molecule has 2 aromatic carbocycles. The van der Waals surface area contributed by atoms with E-state index in [0.717, 1.165) is 10.0 Å². The van der Waals surface area contributed by atoms with Crippen LogP contribution in [-0.2, 0) is 0 Å². The molecule has 0 saturated carbocycles. The number of hydrogen-bond donors (Lipinski definition) is 2. The maximum absolute atomic E-state index is 12.1. The molecule has 0 aliphatic heterocycles. The first kappa shape index (κ1) is 17.1. The number of para-hydroxylation sites is 1. The largest absolute Gasteiger partial charge is 0.493 e. The molecule has 0 fully saturated rings. The molecule has 0 radical (unpaired) electrons. The van der Waals surface area contributed by atoms with Gasteiger partial charge in [-0.15, -0.1) is 0 Å². The molecule has 1 atom stereocenters. The highest BCUT2D eigenvalue weighted by molar-refractivity contribution is 9.10. The molecule has 2 aromatic rings. The summed E-state index contributed by atoms with van der Waals surface area (Å²) in [5.41, 5.74) is 1.63. The summed E-state index contributed by atoms with van der Waals surface area (Å²) in [5.74, 6) is 1.28. The topological polar surface area (TPSA) is 59.6 Å². The number of ether oxygens (including phenoxy) is 2. The molecular weight excluding hydrogens is 360 g/mol. The van der Waals surface area contributed by atoms with Crippen LogP contribution in [0.5, 0.6) is 11.5 Å². The number of urea groups is 1. The minimum Gasteiger partial charge on any atom is -0.493 e. The highest BCUT2D eigenvalue weighted by atomic mass is 79.9. The van der Waals surface area contributed by atoms with Crippen LogP contribution in [0, 0.1) is 0 Å². The summed E-state index contributed by atoms with van der Waals surface area (Å²) in [7, 11) is 3.17. The van der Waals surface area contributed by atoms with Crippen LogP contribution in [0.4, 0.5) is 10.5 Å². The first-order valence-electron chi connectivity index (χ1n) is 7.09. The molecule has 0 aliphatic carbocycles. The summed E-state index contributed by atoms with van der Waals surface area (Å²) in [6.07, 6.45) is 0. The summed E-state index contributed by atoms with van der Waals surface area (Å²) in [4.78, 5) is 12.1. The van der Waals surface area contributed by atoms with Gasteiger partial charge in [0, 0.05) is 4.47 Å². The van der Waals surface area contributed by atoms with Crippen molar-refractivity contribution in [3.05, 3.63) is 52.5 Å². The summed E-state index contributed by atoms with van der Waals surface area (Å²) in [6, 6.07) is 12.5. The van der Waals surface area contributed by atoms with E-state index in [0.29, 0.717) is 17.2 Å². The fourth-order valence-corrected chi connectivity index (χ4v) is 2.51. The van der Waals surface area contributed by atoms with Gasteiger partial charge in [-0.05, 0) is 52.7 Å². The Kier molecular flexibility index (Phi) is 5.87. The Hall–Kier alpha value is -2.21. The quantitative estimate of drug-likeness (QED) is 0.812. The van der Waals surface area contributed by atoms with Gasteiger partial charge in [-0.3, -0.25) is 0 Å². The smallest absolute Gasteiger partial charge is 0.319 e. The molecule has 0 aliphatic rings. The number of amides is 2. The van der Waals surface area contributed by atoms with Gasteiger partial charge in [0.15, 0.2) is 11.5 Å². The van der Waals surface area contributed by atoms with Crippen molar-refractivity contribution < 1.29 is 14.3 Å². The number of rotatable bonds is 5. The Labute approximate surface area is 144 Å². The van der Waals surface area contributed by atoms with Crippen LogP contribution in [0.25, 0.3) is 0 Å². The Morgan fingerprint density at radius 3 is 2.43 bits per heavy atom. The zero-order valence-electron chi connectivity index (χ0n) is 13.2. The minimum absolute atomic E-state index is 0.183. The molecule has 2 amide bonds. The number of carbonyl (C=O) groups is 1. The van der Waals surface area contributed by atoms with Crippen molar-refractivity contribution in [1.29, 1.82) is 0 Å². The Bertz CT molecular complexity index is 691. The molecule has 122 valence electrons. The second kappa shape index (κ2) is 7.87. The van der Waals surface area contributed by atoms with E-state index in [2.05, 4.69) is 26.6 Å². The number of hydrogen-bond acceptors (Lipinski definition) is 3. The van der Waals surface area contributed by atoms with Crippen molar-refractivity contribution in [2.45, 2.75) is 13.0 Å². The van der Waals surface area contributed by atoms with Gasteiger partial charge < -0.3 is 20.1 Å². The lowest BCUT2D eigenvalue weighted by molar-refractivity contribution is 0.249. The second-order valence-electron chi connectivity index (χ2n) is 4.91. The fourth-order valence-electron chi connectivity index (χ4n) is 2.12. The lowest BCUT2D eigenvalue weighted by Crippen LogP contribution is -2.31. The van der Waals surface area contributed by atoms with Gasteiger partial charge in [-0.25, -0.2) is 4.79 Å². The third kappa shape index (κ3) is 4.39. The first-order chi connectivity index (χ1) is 11.0. The van der Waals surface area contributed by atoms with Crippen molar-refractivity contribution in [1.82, 2.24) is 5.32 Å².